The molecule has 0 radical (unpaired) electrons. The van der Waals surface area contributed by atoms with Gasteiger partial charge in [-0.3, -0.25) is 4.79 Å². The molecule has 2 aromatic rings. The van der Waals surface area contributed by atoms with Crippen LogP contribution >= 0.6 is 11.6 Å². The normalized spacial score (nSPS) is 12.0. The van der Waals surface area contributed by atoms with Gasteiger partial charge in [0.1, 0.15) is 5.75 Å². The first kappa shape index (κ1) is 14.6. The Labute approximate surface area is 124 Å². The van der Waals surface area contributed by atoms with E-state index in [-0.39, 0.29) is 5.78 Å². The molecule has 0 bridgehead atoms. The van der Waals surface area contributed by atoms with Crippen LogP contribution in [0.25, 0.3) is 0 Å². The maximum Gasteiger partial charge on any atom is 0.203 e. The molecule has 20 heavy (non-hydrogen) atoms. The number of carbonyl (C=O) groups excluding carboxylic acids is 1. The van der Waals surface area contributed by atoms with Gasteiger partial charge in [-0.1, -0.05) is 29.3 Å². The SMILES string of the molecule is Cc1ccc(C)c(C(=O)C(C)Oc2ccc(Cl)cc2)c1. The average molecular weight is 289 g/mol. The Hall–Kier alpha value is -1.80. The quantitative estimate of drug-likeness (QED) is 0.768. The van der Waals surface area contributed by atoms with Gasteiger partial charge in [-0.15, -0.1) is 0 Å². The summed E-state index contributed by atoms with van der Waals surface area (Å²) < 4.78 is 5.67. The zero-order valence-electron chi connectivity index (χ0n) is 11.8. The van der Waals surface area contributed by atoms with Crippen molar-refractivity contribution < 1.29 is 9.53 Å². The molecule has 0 aromatic heterocycles. The number of rotatable bonds is 4. The summed E-state index contributed by atoms with van der Waals surface area (Å²) in [6.07, 6.45) is -0.531. The number of ketones is 1. The number of carbonyl (C=O) groups is 1. The largest absolute Gasteiger partial charge is 0.483 e. The molecule has 0 heterocycles. The maximum absolute atomic E-state index is 12.4. The van der Waals surface area contributed by atoms with Crippen molar-refractivity contribution >= 4 is 17.4 Å². The third-order valence-electron chi connectivity index (χ3n) is 3.15. The van der Waals surface area contributed by atoms with Crippen molar-refractivity contribution in [2.75, 3.05) is 0 Å². The van der Waals surface area contributed by atoms with Gasteiger partial charge in [0, 0.05) is 10.6 Å². The van der Waals surface area contributed by atoms with Gasteiger partial charge >= 0.3 is 0 Å². The second kappa shape index (κ2) is 6.10. The highest BCUT2D eigenvalue weighted by atomic mass is 35.5. The van der Waals surface area contributed by atoms with Crippen molar-refractivity contribution in [3.8, 4) is 5.75 Å². The van der Waals surface area contributed by atoms with Crippen LogP contribution in [0.4, 0.5) is 0 Å². The van der Waals surface area contributed by atoms with Crippen LogP contribution in [0, 0.1) is 13.8 Å². The minimum atomic E-state index is -0.531. The zero-order valence-corrected chi connectivity index (χ0v) is 12.6. The first-order chi connectivity index (χ1) is 9.47. The van der Waals surface area contributed by atoms with Gasteiger partial charge in [-0.05, 0) is 56.7 Å². The summed E-state index contributed by atoms with van der Waals surface area (Å²) in [7, 11) is 0. The fourth-order valence-corrected chi connectivity index (χ4v) is 2.12. The fraction of sp³-hybridized carbons (Fsp3) is 0.235. The van der Waals surface area contributed by atoms with Crippen LogP contribution in [0.3, 0.4) is 0 Å². The van der Waals surface area contributed by atoms with Crippen molar-refractivity contribution in [3.05, 3.63) is 64.2 Å². The van der Waals surface area contributed by atoms with E-state index in [1.165, 1.54) is 0 Å². The van der Waals surface area contributed by atoms with E-state index in [0.29, 0.717) is 16.3 Å². The Morgan fingerprint density at radius 3 is 2.40 bits per heavy atom. The Balaban J connectivity index is 2.16. The number of hydrogen-bond donors (Lipinski definition) is 0. The predicted octanol–water partition coefficient (Wildman–Crippen LogP) is 4.61. The van der Waals surface area contributed by atoms with E-state index in [9.17, 15) is 4.79 Å². The molecule has 0 saturated heterocycles. The van der Waals surface area contributed by atoms with Crippen molar-refractivity contribution in [2.45, 2.75) is 26.9 Å². The summed E-state index contributed by atoms with van der Waals surface area (Å²) in [6.45, 7) is 5.67. The number of halogens is 1. The molecular weight excluding hydrogens is 272 g/mol. The molecule has 1 unspecified atom stereocenters. The lowest BCUT2D eigenvalue weighted by atomic mass is 9.99. The summed E-state index contributed by atoms with van der Waals surface area (Å²) in [5.74, 6) is 0.627. The minimum Gasteiger partial charge on any atom is -0.483 e. The topological polar surface area (TPSA) is 26.3 Å². The van der Waals surface area contributed by atoms with Crippen molar-refractivity contribution in [2.24, 2.45) is 0 Å². The van der Waals surface area contributed by atoms with Gasteiger partial charge in [0.05, 0.1) is 0 Å². The van der Waals surface area contributed by atoms with E-state index < -0.39 is 6.10 Å². The Bertz CT molecular complexity index is 617. The highest BCUT2D eigenvalue weighted by Gasteiger charge is 2.18. The second-order valence-corrected chi connectivity index (χ2v) is 5.33. The van der Waals surface area contributed by atoms with E-state index in [1.54, 1.807) is 31.2 Å². The molecule has 0 amide bonds. The summed E-state index contributed by atoms with van der Waals surface area (Å²) in [4.78, 5) is 12.4. The van der Waals surface area contributed by atoms with E-state index in [4.69, 9.17) is 16.3 Å². The predicted molar refractivity (Wildman–Crippen MR) is 81.8 cm³/mol. The number of Topliss-reactive ketones (excluding diaryl/α,β-unsaturated/α-hetero) is 1. The molecule has 2 nitrogen and oxygen atoms in total. The van der Waals surface area contributed by atoms with Crippen LogP contribution < -0.4 is 4.74 Å². The van der Waals surface area contributed by atoms with Crippen LogP contribution in [0.5, 0.6) is 5.75 Å². The molecule has 0 aliphatic rings. The van der Waals surface area contributed by atoms with Crippen LogP contribution in [0.15, 0.2) is 42.5 Å². The van der Waals surface area contributed by atoms with Crippen molar-refractivity contribution in [3.63, 3.8) is 0 Å². The van der Waals surface area contributed by atoms with Gasteiger partial charge in [-0.2, -0.15) is 0 Å². The Kier molecular flexibility index (Phi) is 4.46. The van der Waals surface area contributed by atoms with Gasteiger partial charge in [0.15, 0.2) is 6.10 Å². The molecular formula is C17H17ClO2. The number of benzene rings is 2. The fourth-order valence-electron chi connectivity index (χ4n) is 1.99. The van der Waals surface area contributed by atoms with Gasteiger partial charge in [0.2, 0.25) is 5.78 Å². The lowest BCUT2D eigenvalue weighted by Gasteiger charge is -2.15. The molecule has 1 atom stereocenters. The lowest BCUT2D eigenvalue weighted by Crippen LogP contribution is -2.24. The summed E-state index contributed by atoms with van der Waals surface area (Å²) in [5.41, 5.74) is 2.75. The van der Waals surface area contributed by atoms with Gasteiger partial charge in [-0.25, -0.2) is 0 Å². The third-order valence-corrected chi connectivity index (χ3v) is 3.41. The molecule has 0 aliphatic heterocycles. The Morgan fingerprint density at radius 1 is 1.10 bits per heavy atom. The third kappa shape index (κ3) is 3.40. The number of hydrogen-bond acceptors (Lipinski definition) is 2. The molecule has 2 rings (SSSR count). The molecule has 0 saturated carbocycles. The number of aryl methyl sites for hydroxylation is 2. The molecule has 0 aliphatic carbocycles. The number of ether oxygens (including phenoxy) is 1. The second-order valence-electron chi connectivity index (χ2n) is 4.90. The standard InChI is InChI=1S/C17H17ClO2/c1-11-4-5-12(2)16(10-11)17(19)13(3)20-15-8-6-14(18)7-9-15/h4-10,13H,1-3H3. The van der Waals surface area contributed by atoms with Crippen LogP contribution in [-0.4, -0.2) is 11.9 Å². The summed E-state index contributed by atoms with van der Waals surface area (Å²) in [6, 6.07) is 12.9. The van der Waals surface area contributed by atoms with Gasteiger partial charge in [0.25, 0.3) is 0 Å². The molecule has 104 valence electrons. The van der Waals surface area contributed by atoms with E-state index in [2.05, 4.69) is 0 Å². The minimum absolute atomic E-state index is 0.0128. The lowest BCUT2D eigenvalue weighted by molar-refractivity contribution is 0.0817. The molecule has 0 N–H and O–H groups in total. The van der Waals surface area contributed by atoms with E-state index in [0.717, 1.165) is 11.1 Å². The average Bonchev–Trinajstić information content (AvgIpc) is 2.43. The summed E-state index contributed by atoms with van der Waals surface area (Å²) in [5, 5.41) is 0.644. The first-order valence-corrected chi connectivity index (χ1v) is 6.89. The summed E-state index contributed by atoms with van der Waals surface area (Å²) >= 11 is 5.82. The smallest absolute Gasteiger partial charge is 0.203 e. The molecule has 3 heteroatoms. The van der Waals surface area contributed by atoms with Crippen molar-refractivity contribution in [1.29, 1.82) is 0 Å². The van der Waals surface area contributed by atoms with Crippen LogP contribution in [0.1, 0.15) is 28.4 Å². The highest BCUT2D eigenvalue weighted by molar-refractivity contribution is 6.30. The Morgan fingerprint density at radius 2 is 1.75 bits per heavy atom. The maximum atomic E-state index is 12.4. The van der Waals surface area contributed by atoms with Gasteiger partial charge < -0.3 is 4.74 Å². The molecule has 0 spiro atoms. The highest BCUT2D eigenvalue weighted by Crippen LogP contribution is 2.19. The van der Waals surface area contributed by atoms with E-state index in [1.807, 2.05) is 32.0 Å². The van der Waals surface area contributed by atoms with E-state index >= 15 is 0 Å². The van der Waals surface area contributed by atoms with Crippen molar-refractivity contribution in [1.82, 2.24) is 0 Å². The molecule has 2 aromatic carbocycles. The van der Waals surface area contributed by atoms with Crippen LogP contribution in [-0.2, 0) is 0 Å². The first-order valence-electron chi connectivity index (χ1n) is 6.51. The molecule has 0 fully saturated rings. The monoisotopic (exact) mass is 288 g/mol. The van der Waals surface area contributed by atoms with Crippen LogP contribution in [0.2, 0.25) is 5.02 Å². The zero-order chi connectivity index (χ0) is 14.7.